The lowest BCUT2D eigenvalue weighted by Crippen LogP contribution is -2.17. The molecule has 0 saturated heterocycles. The van der Waals surface area contributed by atoms with Gasteiger partial charge in [-0.1, -0.05) is 0 Å². The first-order valence-electron chi connectivity index (χ1n) is 7.94. The topological polar surface area (TPSA) is 139 Å². The molecule has 0 aliphatic heterocycles. The van der Waals surface area contributed by atoms with Crippen molar-refractivity contribution in [3.8, 4) is 0 Å². The minimum atomic E-state index is -5.27. The van der Waals surface area contributed by atoms with Crippen molar-refractivity contribution in [2.45, 2.75) is 6.18 Å². The minimum absolute atomic E-state index is 0.357. The number of nitrogens with zero attached hydrogens (tertiary/aromatic N) is 2. The number of aromatic nitrogens is 1. The van der Waals surface area contributed by atoms with Gasteiger partial charge in [-0.05, 0) is 24.3 Å². The van der Waals surface area contributed by atoms with Crippen LogP contribution in [-0.2, 0) is 6.18 Å². The summed E-state index contributed by atoms with van der Waals surface area (Å²) in [5.74, 6) is -4.76. The molecule has 154 valence electrons. The molecule has 30 heavy (non-hydrogen) atoms. The number of halogens is 3. The van der Waals surface area contributed by atoms with Crippen molar-refractivity contribution in [2.24, 2.45) is 0 Å². The summed E-state index contributed by atoms with van der Waals surface area (Å²) in [7, 11) is 0. The summed E-state index contributed by atoms with van der Waals surface area (Å²) >= 11 is 0. The number of carbonyl (C=O) groups is 3. The van der Waals surface area contributed by atoms with Gasteiger partial charge in [-0.15, -0.1) is 0 Å². The van der Waals surface area contributed by atoms with E-state index in [9.17, 15) is 42.8 Å². The summed E-state index contributed by atoms with van der Waals surface area (Å²) in [4.78, 5) is 45.6. The first-order valence-corrected chi connectivity index (χ1v) is 7.94. The van der Waals surface area contributed by atoms with Crippen LogP contribution < -0.4 is 0 Å². The van der Waals surface area contributed by atoms with Gasteiger partial charge in [-0.3, -0.25) is 14.9 Å². The van der Waals surface area contributed by atoms with Gasteiger partial charge in [0.15, 0.2) is 0 Å². The summed E-state index contributed by atoms with van der Waals surface area (Å²) in [5.41, 5.74) is -5.97. The number of ketones is 1. The quantitative estimate of drug-likeness (QED) is 0.364. The molecule has 0 aliphatic carbocycles. The number of nitro benzene ring substituents is 1. The SMILES string of the molecule is O=C(O)c1ccn2c(C(=O)c3ccc([N+](=O)[O-])cc3)c(C(F)(F)F)c(C(=O)O)c2c1. The van der Waals surface area contributed by atoms with Crippen LogP contribution in [0, 0.1) is 10.1 Å². The van der Waals surface area contributed by atoms with Crippen LogP contribution in [0.15, 0.2) is 42.6 Å². The average Bonchev–Trinajstić information content (AvgIpc) is 3.02. The summed E-state index contributed by atoms with van der Waals surface area (Å²) in [6, 6.07) is 5.33. The number of benzene rings is 1. The highest BCUT2D eigenvalue weighted by Crippen LogP contribution is 2.39. The lowest BCUT2D eigenvalue weighted by atomic mass is 10.0. The van der Waals surface area contributed by atoms with E-state index in [0.717, 1.165) is 36.5 Å². The van der Waals surface area contributed by atoms with Crippen molar-refractivity contribution in [3.05, 3.63) is 80.7 Å². The Bertz CT molecular complexity index is 1230. The zero-order valence-electron chi connectivity index (χ0n) is 14.5. The highest BCUT2D eigenvalue weighted by atomic mass is 19.4. The molecule has 0 amide bonds. The number of aromatic carboxylic acids is 2. The smallest absolute Gasteiger partial charge is 0.419 e. The molecular weight excluding hydrogens is 413 g/mol. The Hall–Kier alpha value is -4.22. The molecule has 0 fully saturated rings. The zero-order valence-corrected chi connectivity index (χ0v) is 14.5. The van der Waals surface area contributed by atoms with E-state index >= 15 is 0 Å². The molecule has 1 aromatic carbocycles. The molecule has 0 spiro atoms. The largest absolute Gasteiger partial charge is 0.478 e. The van der Waals surface area contributed by atoms with Crippen LogP contribution in [-0.4, -0.2) is 37.3 Å². The summed E-state index contributed by atoms with van der Waals surface area (Å²) in [6.07, 6.45) is -4.42. The van der Waals surface area contributed by atoms with Gasteiger partial charge in [0.1, 0.15) is 11.3 Å². The molecule has 2 aromatic heterocycles. The fourth-order valence-electron chi connectivity index (χ4n) is 2.97. The maximum atomic E-state index is 13.8. The number of carboxylic acid groups (broad SMARTS) is 2. The third-order valence-electron chi connectivity index (χ3n) is 4.24. The maximum absolute atomic E-state index is 13.8. The molecule has 0 unspecified atom stereocenters. The summed E-state index contributed by atoms with van der Waals surface area (Å²) in [6.45, 7) is 0. The van der Waals surface area contributed by atoms with E-state index in [0.29, 0.717) is 10.5 Å². The van der Waals surface area contributed by atoms with E-state index in [2.05, 4.69) is 0 Å². The van der Waals surface area contributed by atoms with Crippen LogP contribution in [0.5, 0.6) is 0 Å². The van der Waals surface area contributed by atoms with Gasteiger partial charge in [0.05, 0.1) is 21.6 Å². The second-order valence-electron chi connectivity index (χ2n) is 6.01. The fourth-order valence-corrected chi connectivity index (χ4v) is 2.97. The van der Waals surface area contributed by atoms with E-state index < -0.39 is 62.4 Å². The first-order chi connectivity index (χ1) is 13.9. The lowest BCUT2D eigenvalue weighted by Gasteiger charge is -2.10. The van der Waals surface area contributed by atoms with Crippen molar-refractivity contribution in [1.82, 2.24) is 4.40 Å². The highest BCUT2D eigenvalue weighted by Gasteiger charge is 2.44. The second kappa shape index (κ2) is 6.99. The fraction of sp³-hybridized carbons (Fsp3) is 0.0556. The van der Waals surface area contributed by atoms with Crippen molar-refractivity contribution in [2.75, 3.05) is 0 Å². The number of non-ortho nitro benzene ring substituents is 1. The summed E-state index contributed by atoms with van der Waals surface area (Å²) in [5, 5.41) is 29.2. The lowest BCUT2D eigenvalue weighted by molar-refractivity contribution is -0.384. The van der Waals surface area contributed by atoms with E-state index in [1.165, 1.54) is 0 Å². The van der Waals surface area contributed by atoms with E-state index in [1.807, 2.05) is 0 Å². The number of nitro groups is 1. The number of hydrogen-bond acceptors (Lipinski definition) is 5. The molecule has 2 N–H and O–H groups in total. The van der Waals surface area contributed by atoms with Crippen LogP contribution in [0.1, 0.15) is 42.3 Å². The molecule has 3 rings (SSSR count). The monoisotopic (exact) mass is 422 g/mol. The van der Waals surface area contributed by atoms with Gasteiger partial charge in [0, 0.05) is 23.9 Å². The van der Waals surface area contributed by atoms with E-state index in [1.54, 1.807) is 0 Å². The molecule has 0 saturated carbocycles. The van der Waals surface area contributed by atoms with Crippen molar-refractivity contribution in [1.29, 1.82) is 0 Å². The molecule has 0 bridgehead atoms. The Morgan fingerprint density at radius 2 is 1.57 bits per heavy atom. The number of pyridine rings is 1. The van der Waals surface area contributed by atoms with Crippen molar-refractivity contribution in [3.63, 3.8) is 0 Å². The molecule has 2 heterocycles. The molecule has 0 atom stereocenters. The van der Waals surface area contributed by atoms with Gasteiger partial charge in [-0.25, -0.2) is 9.59 Å². The molecule has 0 radical (unpaired) electrons. The Balaban J connectivity index is 2.37. The number of rotatable bonds is 5. The van der Waals surface area contributed by atoms with Gasteiger partial charge in [0.2, 0.25) is 5.78 Å². The number of carbonyl (C=O) groups excluding carboxylic acids is 1. The highest BCUT2D eigenvalue weighted by molar-refractivity contribution is 6.13. The Labute approximate surface area is 163 Å². The van der Waals surface area contributed by atoms with Gasteiger partial charge < -0.3 is 14.6 Å². The third kappa shape index (κ3) is 3.34. The molecule has 12 heteroatoms. The number of fused-ring (bicyclic) bond motifs is 1. The molecular formula is C18H9F3N2O7. The number of alkyl halides is 3. The van der Waals surface area contributed by atoms with Gasteiger partial charge >= 0.3 is 18.1 Å². The van der Waals surface area contributed by atoms with Crippen LogP contribution >= 0.6 is 0 Å². The number of carboxylic acids is 2. The predicted molar refractivity (Wildman–Crippen MR) is 92.8 cm³/mol. The Morgan fingerprint density at radius 3 is 2.03 bits per heavy atom. The van der Waals surface area contributed by atoms with Crippen LogP contribution in [0.25, 0.3) is 5.52 Å². The first kappa shape index (κ1) is 20.5. The van der Waals surface area contributed by atoms with Crippen LogP contribution in [0.3, 0.4) is 0 Å². The van der Waals surface area contributed by atoms with Crippen molar-refractivity contribution < 1.29 is 42.7 Å². The second-order valence-corrected chi connectivity index (χ2v) is 6.01. The summed E-state index contributed by atoms with van der Waals surface area (Å²) < 4.78 is 42.0. The van der Waals surface area contributed by atoms with Crippen LogP contribution in [0.2, 0.25) is 0 Å². The maximum Gasteiger partial charge on any atom is 0.419 e. The average molecular weight is 422 g/mol. The van der Waals surface area contributed by atoms with Gasteiger partial charge in [-0.2, -0.15) is 13.2 Å². The molecule has 9 nitrogen and oxygen atoms in total. The normalized spacial score (nSPS) is 11.4. The van der Waals surface area contributed by atoms with E-state index in [4.69, 9.17) is 5.11 Å². The Morgan fingerprint density at radius 1 is 0.967 bits per heavy atom. The Kier molecular flexibility index (Phi) is 4.78. The third-order valence-corrected chi connectivity index (χ3v) is 4.24. The molecule has 0 aliphatic rings. The standard InChI is InChI=1S/C18H9F3N2O7/c19-18(20,21)13-12(17(27)28)11-7-9(16(25)26)5-6-22(11)14(13)15(24)8-1-3-10(4-2-8)23(29)30/h1-7H,(H,25,26)(H,27,28). The van der Waals surface area contributed by atoms with Crippen molar-refractivity contribution >= 4 is 28.9 Å². The minimum Gasteiger partial charge on any atom is -0.478 e. The van der Waals surface area contributed by atoms with Crippen LogP contribution in [0.4, 0.5) is 18.9 Å². The zero-order chi connectivity index (χ0) is 22.4. The van der Waals surface area contributed by atoms with Gasteiger partial charge in [0.25, 0.3) is 5.69 Å². The predicted octanol–water partition coefficient (Wildman–Crippen LogP) is 3.49. The van der Waals surface area contributed by atoms with E-state index in [-0.39, 0.29) is 5.56 Å². The number of hydrogen-bond donors (Lipinski definition) is 2. The molecule has 3 aromatic rings.